The van der Waals surface area contributed by atoms with Crippen molar-refractivity contribution in [2.24, 2.45) is 0 Å². The average molecular weight is 332 g/mol. The molecule has 4 heteroatoms. The standard InChI is InChI=1S/C21H20N2O2/c1-14-4-5-15(2)19(12-14)17-6-8-18(9-7-17)23-21(24)25-20-10-11-22-13-16(20)3/h4-13H,1-3H3,(H,23,24). The SMILES string of the molecule is Cc1ccc(C)c(-c2ccc(NC(=O)Oc3ccncc3C)cc2)c1. The molecule has 3 rings (SSSR count). The quantitative estimate of drug-likeness (QED) is 0.709. The first-order valence-electron chi connectivity index (χ1n) is 8.10. The Hall–Kier alpha value is -3.14. The van der Waals surface area contributed by atoms with Crippen LogP contribution in [0.3, 0.4) is 0 Å². The summed E-state index contributed by atoms with van der Waals surface area (Å²) in [5.41, 5.74) is 6.25. The average Bonchev–Trinajstić information content (AvgIpc) is 2.60. The molecule has 1 amide bonds. The summed E-state index contributed by atoms with van der Waals surface area (Å²) in [4.78, 5) is 16.0. The van der Waals surface area contributed by atoms with Gasteiger partial charge in [0.25, 0.3) is 0 Å². The van der Waals surface area contributed by atoms with E-state index >= 15 is 0 Å². The third-order valence-electron chi connectivity index (χ3n) is 4.01. The number of rotatable bonds is 3. The van der Waals surface area contributed by atoms with Gasteiger partial charge in [0.2, 0.25) is 0 Å². The van der Waals surface area contributed by atoms with Gasteiger partial charge < -0.3 is 4.74 Å². The number of carbonyl (C=O) groups is 1. The van der Waals surface area contributed by atoms with Crippen LogP contribution >= 0.6 is 0 Å². The Kier molecular flexibility index (Phi) is 4.80. The monoisotopic (exact) mass is 332 g/mol. The predicted octanol–water partition coefficient (Wildman–Crippen LogP) is 5.28. The first-order valence-corrected chi connectivity index (χ1v) is 8.10. The number of carbonyl (C=O) groups excluding carboxylic acids is 1. The highest BCUT2D eigenvalue weighted by molar-refractivity contribution is 5.87. The van der Waals surface area contributed by atoms with Crippen molar-refractivity contribution in [3.63, 3.8) is 0 Å². The lowest BCUT2D eigenvalue weighted by Gasteiger charge is -2.10. The Morgan fingerprint density at radius 2 is 1.72 bits per heavy atom. The highest BCUT2D eigenvalue weighted by atomic mass is 16.6. The van der Waals surface area contributed by atoms with E-state index in [0.29, 0.717) is 11.4 Å². The maximum atomic E-state index is 12.0. The van der Waals surface area contributed by atoms with Crippen LogP contribution in [0.2, 0.25) is 0 Å². The Balaban J connectivity index is 1.71. The normalized spacial score (nSPS) is 10.4. The lowest BCUT2D eigenvalue weighted by Crippen LogP contribution is -2.17. The number of hydrogen-bond acceptors (Lipinski definition) is 3. The van der Waals surface area contributed by atoms with Crippen LogP contribution in [0.1, 0.15) is 16.7 Å². The molecular formula is C21H20N2O2. The second-order valence-corrected chi connectivity index (χ2v) is 6.05. The van der Waals surface area contributed by atoms with E-state index in [9.17, 15) is 4.79 Å². The van der Waals surface area contributed by atoms with Gasteiger partial charge in [-0.3, -0.25) is 10.3 Å². The van der Waals surface area contributed by atoms with E-state index in [4.69, 9.17) is 4.74 Å². The zero-order chi connectivity index (χ0) is 17.8. The van der Waals surface area contributed by atoms with Crippen molar-refractivity contribution >= 4 is 11.8 Å². The number of amides is 1. The molecule has 0 unspecified atom stereocenters. The third kappa shape index (κ3) is 4.04. The molecule has 4 nitrogen and oxygen atoms in total. The summed E-state index contributed by atoms with van der Waals surface area (Å²) in [6.45, 7) is 6.01. The van der Waals surface area contributed by atoms with Crippen LogP contribution in [0.15, 0.2) is 60.9 Å². The molecule has 3 aromatic rings. The Morgan fingerprint density at radius 3 is 2.44 bits per heavy atom. The summed E-state index contributed by atoms with van der Waals surface area (Å²) < 4.78 is 5.31. The first kappa shape index (κ1) is 16.7. The first-order chi connectivity index (χ1) is 12.0. The van der Waals surface area contributed by atoms with Crippen LogP contribution in [0.4, 0.5) is 10.5 Å². The summed E-state index contributed by atoms with van der Waals surface area (Å²) >= 11 is 0. The number of pyridine rings is 1. The summed E-state index contributed by atoms with van der Waals surface area (Å²) in [5.74, 6) is 0.500. The largest absolute Gasteiger partial charge is 0.417 e. The maximum absolute atomic E-state index is 12.0. The molecule has 0 atom stereocenters. The number of anilines is 1. The molecule has 0 aliphatic heterocycles. The topological polar surface area (TPSA) is 51.2 Å². The van der Waals surface area contributed by atoms with E-state index in [-0.39, 0.29) is 0 Å². The van der Waals surface area contributed by atoms with Crippen molar-refractivity contribution in [1.29, 1.82) is 0 Å². The molecule has 126 valence electrons. The van der Waals surface area contributed by atoms with Crippen LogP contribution in [0.25, 0.3) is 11.1 Å². The van der Waals surface area contributed by atoms with Crippen molar-refractivity contribution in [3.05, 3.63) is 77.6 Å². The second-order valence-electron chi connectivity index (χ2n) is 6.05. The highest BCUT2D eigenvalue weighted by Crippen LogP contribution is 2.26. The summed E-state index contributed by atoms with van der Waals surface area (Å²) in [6, 6.07) is 15.8. The van der Waals surface area contributed by atoms with Crippen LogP contribution in [-0.2, 0) is 0 Å². The molecule has 0 saturated carbocycles. The van der Waals surface area contributed by atoms with Gasteiger partial charge in [0, 0.05) is 23.6 Å². The smallest absolute Gasteiger partial charge is 0.410 e. The molecule has 0 aliphatic rings. The minimum Gasteiger partial charge on any atom is -0.410 e. The van der Waals surface area contributed by atoms with Crippen molar-refractivity contribution < 1.29 is 9.53 Å². The fourth-order valence-electron chi connectivity index (χ4n) is 2.60. The zero-order valence-electron chi connectivity index (χ0n) is 14.5. The Morgan fingerprint density at radius 1 is 0.960 bits per heavy atom. The van der Waals surface area contributed by atoms with E-state index in [1.807, 2.05) is 31.2 Å². The molecule has 0 radical (unpaired) electrons. The van der Waals surface area contributed by atoms with Gasteiger partial charge in [-0.1, -0.05) is 35.9 Å². The van der Waals surface area contributed by atoms with Gasteiger partial charge in [0.1, 0.15) is 5.75 Å². The van der Waals surface area contributed by atoms with E-state index < -0.39 is 6.09 Å². The summed E-state index contributed by atoms with van der Waals surface area (Å²) in [5, 5.41) is 2.74. The van der Waals surface area contributed by atoms with Gasteiger partial charge in [-0.05, 0) is 55.7 Å². The van der Waals surface area contributed by atoms with E-state index in [0.717, 1.165) is 11.1 Å². The molecule has 1 aromatic heterocycles. The van der Waals surface area contributed by atoms with Crippen molar-refractivity contribution in [2.45, 2.75) is 20.8 Å². The van der Waals surface area contributed by atoms with Crippen molar-refractivity contribution in [2.75, 3.05) is 5.32 Å². The van der Waals surface area contributed by atoms with Gasteiger partial charge in [0.15, 0.2) is 0 Å². The van der Waals surface area contributed by atoms with Crippen LogP contribution < -0.4 is 10.1 Å². The number of aromatic nitrogens is 1. The van der Waals surface area contributed by atoms with Crippen molar-refractivity contribution in [1.82, 2.24) is 4.98 Å². The molecule has 25 heavy (non-hydrogen) atoms. The number of nitrogens with zero attached hydrogens (tertiary/aromatic N) is 1. The molecule has 1 N–H and O–H groups in total. The molecule has 0 fully saturated rings. The molecule has 0 saturated heterocycles. The van der Waals surface area contributed by atoms with Gasteiger partial charge in [-0.15, -0.1) is 0 Å². The van der Waals surface area contributed by atoms with Gasteiger partial charge in [-0.2, -0.15) is 0 Å². The van der Waals surface area contributed by atoms with Crippen LogP contribution in [-0.4, -0.2) is 11.1 Å². The minimum atomic E-state index is -0.520. The number of benzene rings is 2. The minimum absolute atomic E-state index is 0.500. The van der Waals surface area contributed by atoms with Gasteiger partial charge in [0.05, 0.1) is 0 Å². The molecule has 0 aliphatic carbocycles. The van der Waals surface area contributed by atoms with Crippen LogP contribution in [0, 0.1) is 20.8 Å². The number of ether oxygens (including phenoxy) is 1. The molecule has 2 aromatic carbocycles. The number of aryl methyl sites for hydroxylation is 3. The summed E-state index contributed by atoms with van der Waals surface area (Å²) in [7, 11) is 0. The predicted molar refractivity (Wildman–Crippen MR) is 100.0 cm³/mol. The lowest BCUT2D eigenvalue weighted by molar-refractivity contribution is 0.215. The Bertz CT molecular complexity index is 902. The molecular weight excluding hydrogens is 312 g/mol. The lowest BCUT2D eigenvalue weighted by atomic mass is 9.98. The van der Waals surface area contributed by atoms with E-state index in [1.165, 1.54) is 16.7 Å². The van der Waals surface area contributed by atoms with Crippen molar-refractivity contribution in [3.8, 4) is 16.9 Å². The Labute approximate surface area is 147 Å². The fraction of sp³-hybridized carbons (Fsp3) is 0.143. The van der Waals surface area contributed by atoms with Crippen LogP contribution in [0.5, 0.6) is 5.75 Å². The molecule has 1 heterocycles. The van der Waals surface area contributed by atoms with E-state index in [2.05, 4.69) is 42.3 Å². The fourth-order valence-corrected chi connectivity index (χ4v) is 2.60. The summed E-state index contributed by atoms with van der Waals surface area (Å²) in [6.07, 6.45) is 2.73. The molecule has 0 spiro atoms. The zero-order valence-corrected chi connectivity index (χ0v) is 14.5. The van der Waals surface area contributed by atoms with Gasteiger partial charge in [-0.25, -0.2) is 4.79 Å². The number of hydrogen-bond donors (Lipinski definition) is 1. The third-order valence-corrected chi connectivity index (χ3v) is 4.01. The van der Waals surface area contributed by atoms with Gasteiger partial charge >= 0.3 is 6.09 Å². The van der Waals surface area contributed by atoms with E-state index in [1.54, 1.807) is 18.5 Å². The highest BCUT2D eigenvalue weighted by Gasteiger charge is 2.08. The number of nitrogens with one attached hydrogen (secondary N) is 1. The maximum Gasteiger partial charge on any atom is 0.417 e. The molecule has 0 bridgehead atoms. The second kappa shape index (κ2) is 7.18.